The van der Waals surface area contributed by atoms with Gasteiger partial charge in [0.1, 0.15) is 5.01 Å². The van der Waals surface area contributed by atoms with Gasteiger partial charge in [0, 0.05) is 23.5 Å². The van der Waals surface area contributed by atoms with Crippen molar-refractivity contribution in [3.8, 4) is 0 Å². The molecule has 2 rings (SSSR count). The number of aryl methyl sites for hydroxylation is 1. The third-order valence-electron chi connectivity index (χ3n) is 3.04. The van der Waals surface area contributed by atoms with E-state index in [1.165, 1.54) is 17.7 Å². The van der Waals surface area contributed by atoms with Gasteiger partial charge in [0.25, 0.3) is 0 Å². The summed E-state index contributed by atoms with van der Waals surface area (Å²) in [7, 11) is 0. The molecule has 1 heterocycles. The third-order valence-corrected chi connectivity index (χ3v) is 4.18. The minimum atomic E-state index is 0.0393. The van der Waals surface area contributed by atoms with Crippen molar-refractivity contribution in [2.45, 2.75) is 45.2 Å². The van der Waals surface area contributed by atoms with Gasteiger partial charge in [-0.05, 0) is 25.2 Å². The monoisotopic (exact) mass is 253 g/mol. The summed E-state index contributed by atoms with van der Waals surface area (Å²) in [5.41, 5.74) is 5.90. The van der Waals surface area contributed by atoms with E-state index >= 15 is 0 Å². The molecule has 1 aromatic heterocycles. The molecule has 0 saturated heterocycles. The van der Waals surface area contributed by atoms with Gasteiger partial charge >= 0.3 is 0 Å². The SMILES string of the molecule is CCc1cnc(CNC(=O)CC(N)C2CC2)s1. The Hall–Kier alpha value is -0.940. The largest absolute Gasteiger partial charge is 0.350 e. The number of carbonyl (C=O) groups is 1. The van der Waals surface area contributed by atoms with Crippen molar-refractivity contribution in [3.05, 3.63) is 16.1 Å². The number of hydrogen-bond acceptors (Lipinski definition) is 4. The molecule has 0 radical (unpaired) electrons. The molecule has 1 amide bonds. The van der Waals surface area contributed by atoms with Crippen LogP contribution in [0, 0.1) is 5.92 Å². The number of hydrogen-bond donors (Lipinski definition) is 2. The normalized spacial score (nSPS) is 16.8. The molecular weight excluding hydrogens is 234 g/mol. The predicted octanol–water partition coefficient (Wildman–Crippen LogP) is 1.45. The number of rotatable bonds is 6. The van der Waals surface area contributed by atoms with Crippen LogP contribution >= 0.6 is 11.3 Å². The van der Waals surface area contributed by atoms with Crippen molar-refractivity contribution >= 4 is 17.2 Å². The molecule has 1 aliphatic carbocycles. The zero-order valence-electron chi connectivity index (χ0n) is 10.1. The summed E-state index contributed by atoms with van der Waals surface area (Å²) in [5, 5.41) is 3.85. The topological polar surface area (TPSA) is 68.0 Å². The Bertz CT molecular complexity index is 387. The lowest BCUT2D eigenvalue weighted by Crippen LogP contribution is -2.32. The van der Waals surface area contributed by atoms with Crippen LogP contribution in [0.25, 0.3) is 0 Å². The van der Waals surface area contributed by atoms with Crippen LogP contribution in [-0.4, -0.2) is 16.9 Å². The lowest BCUT2D eigenvalue weighted by atomic mass is 10.1. The van der Waals surface area contributed by atoms with Gasteiger partial charge < -0.3 is 11.1 Å². The Morgan fingerprint density at radius 3 is 3.06 bits per heavy atom. The molecule has 94 valence electrons. The third kappa shape index (κ3) is 3.78. The Morgan fingerprint density at radius 1 is 1.71 bits per heavy atom. The molecule has 1 saturated carbocycles. The number of nitrogens with zero attached hydrogens (tertiary/aromatic N) is 1. The molecule has 4 nitrogen and oxygen atoms in total. The minimum absolute atomic E-state index is 0.0393. The van der Waals surface area contributed by atoms with Crippen LogP contribution in [0.1, 0.15) is 36.1 Å². The van der Waals surface area contributed by atoms with Gasteiger partial charge in [0.15, 0.2) is 0 Å². The fraction of sp³-hybridized carbons (Fsp3) is 0.667. The van der Waals surface area contributed by atoms with Gasteiger partial charge in [-0.3, -0.25) is 4.79 Å². The summed E-state index contributed by atoms with van der Waals surface area (Å²) in [6.45, 7) is 2.63. The number of amides is 1. The summed E-state index contributed by atoms with van der Waals surface area (Å²) in [6, 6.07) is 0.0393. The predicted molar refractivity (Wildman–Crippen MR) is 68.7 cm³/mol. The summed E-state index contributed by atoms with van der Waals surface area (Å²) < 4.78 is 0. The molecule has 3 N–H and O–H groups in total. The molecule has 0 bridgehead atoms. The first-order valence-corrected chi connectivity index (χ1v) is 6.96. The number of aromatic nitrogens is 1. The highest BCUT2D eigenvalue weighted by Crippen LogP contribution is 2.32. The van der Waals surface area contributed by atoms with Crippen molar-refractivity contribution in [2.24, 2.45) is 11.7 Å². The summed E-state index contributed by atoms with van der Waals surface area (Å²) >= 11 is 1.66. The fourth-order valence-electron chi connectivity index (χ4n) is 1.74. The molecule has 1 atom stereocenters. The zero-order valence-corrected chi connectivity index (χ0v) is 10.9. The molecule has 1 aliphatic rings. The average molecular weight is 253 g/mol. The van der Waals surface area contributed by atoms with E-state index in [-0.39, 0.29) is 11.9 Å². The van der Waals surface area contributed by atoms with Crippen molar-refractivity contribution in [3.63, 3.8) is 0 Å². The number of nitrogens with two attached hydrogens (primary N) is 1. The molecular formula is C12H19N3OS. The first-order chi connectivity index (χ1) is 8.19. The average Bonchev–Trinajstić information content (AvgIpc) is 3.06. The quantitative estimate of drug-likeness (QED) is 0.806. The van der Waals surface area contributed by atoms with E-state index in [1.807, 2.05) is 6.20 Å². The van der Waals surface area contributed by atoms with Gasteiger partial charge in [-0.25, -0.2) is 4.98 Å². The maximum Gasteiger partial charge on any atom is 0.221 e. The molecule has 0 aromatic carbocycles. The molecule has 1 aromatic rings. The Kier molecular flexibility index (Phi) is 4.12. The summed E-state index contributed by atoms with van der Waals surface area (Å²) in [5.74, 6) is 0.616. The highest BCUT2D eigenvalue weighted by Gasteiger charge is 2.29. The number of nitrogens with one attached hydrogen (secondary N) is 1. The van der Waals surface area contributed by atoms with E-state index in [4.69, 9.17) is 5.73 Å². The highest BCUT2D eigenvalue weighted by molar-refractivity contribution is 7.11. The second kappa shape index (κ2) is 5.60. The molecule has 1 unspecified atom stereocenters. The lowest BCUT2D eigenvalue weighted by Gasteiger charge is -2.09. The van der Waals surface area contributed by atoms with Gasteiger partial charge in [-0.15, -0.1) is 11.3 Å². The maximum absolute atomic E-state index is 11.6. The van der Waals surface area contributed by atoms with Gasteiger partial charge in [0.2, 0.25) is 5.91 Å². The Morgan fingerprint density at radius 2 is 2.47 bits per heavy atom. The molecule has 1 fully saturated rings. The second-order valence-electron chi connectivity index (χ2n) is 4.56. The van der Waals surface area contributed by atoms with Crippen LogP contribution in [0.3, 0.4) is 0 Å². The number of carbonyl (C=O) groups excluding carboxylic acids is 1. The highest BCUT2D eigenvalue weighted by atomic mass is 32.1. The van der Waals surface area contributed by atoms with E-state index in [0.29, 0.717) is 18.9 Å². The van der Waals surface area contributed by atoms with Crippen molar-refractivity contribution in [2.75, 3.05) is 0 Å². The second-order valence-corrected chi connectivity index (χ2v) is 5.76. The smallest absolute Gasteiger partial charge is 0.221 e. The van der Waals surface area contributed by atoms with Crippen LogP contribution in [0.15, 0.2) is 6.20 Å². The van der Waals surface area contributed by atoms with E-state index in [2.05, 4.69) is 17.2 Å². The van der Waals surface area contributed by atoms with Crippen LogP contribution in [0.2, 0.25) is 0 Å². The van der Waals surface area contributed by atoms with E-state index in [0.717, 1.165) is 11.4 Å². The van der Waals surface area contributed by atoms with E-state index < -0.39 is 0 Å². The standard InChI is InChI=1S/C12H19N3OS/c1-2-9-6-15-12(17-9)7-14-11(16)5-10(13)8-3-4-8/h6,8,10H,2-5,7,13H2,1H3,(H,14,16). The van der Waals surface area contributed by atoms with E-state index in [1.54, 1.807) is 11.3 Å². The van der Waals surface area contributed by atoms with Crippen molar-refractivity contribution in [1.82, 2.24) is 10.3 Å². The van der Waals surface area contributed by atoms with E-state index in [9.17, 15) is 4.79 Å². The summed E-state index contributed by atoms with van der Waals surface area (Å²) in [6.07, 6.45) is 5.68. The summed E-state index contributed by atoms with van der Waals surface area (Å²) in [4.78, 5) is 17.1. The van der Waals surface area contributed by atoms with Crippen LogP contribution < -0.4 is 11.1 Å². The van der Waals surface area contributed by atoms with Crippen molar-refractivity contribution in [1.29, 1.82) is 0 Å². The number of thiazole rings is 1. The molecule has 17 heavy (non-hydrogen) atoms. The van der Waals surface area contributed by atoms with Crippen molar-refractivity contribution < 1.29 is 4.79 Å². The molecule has 0 spiro atoms. The zero-order chi connectivity index (χ0) is 12.3. The first-order valence-electron chi connectivity index (χ1n) is 6.15. The molecule has 0 aliphatic heterocycles. The maximum atomic E-state index is 11.6. The Balaban J connectivity index is 1.71. The molecule has 5 heteroatoms. The first kappa shape index (κ1) is 12.5. The fourth-order valence-corrected chi connectivity index (χ4v) is 2.55. The Labute approximate surface area is 106 Å². The lowest BCUT2D eigenvalue weighted by molar-refractivity contribution is -0.121. The minimum Gasteiger partial charge on any atom is -0.350 e. The van der Waals surface area contributed by atoms with Crippen LogP contribution in [0.4, 0.5) is 0 Å². The van der Waals surface area contributed by atoms with Gasteiger partial charge in [-0.2, -0.15) is 0 Å². The van der Waals surface area contributed by atoms with Crippen LogP contribution in [-0.2, 0) is 17.8 Å². The van der Waals surface area contributed by atoms with Gasteiger partial charge in [0.05, 0.1) is 6.54 Å². The van der Waals surface area contributed by atoms with Crippen LogP contribution in [0.5, 0.6) is 0 Å². The van der Waals surface area contributed by atoms with Gasteiger partial charge in [-0.1, -0.05) is 6.92 Å².